The lowest BCUT2D eigenvalue weighted by Crippen LogP contribution is -2.35. The summed E-state index contributed by atoms with van der Waals surface area (Å²) in [7, 11) is 1.74. The average molecular weight is 193 g/mol. The quantitative estimate of drug-likeness (QED) is 0.618. The maximum absolute atomic E-state index is 12.9. The van der Waals surface area contributed by atoms with Crippen molar-refractivity contribution in [3.8, 4) is 0 Å². The van der Waals surface area contributed by atoms with Gasteiger partial charge in [-0.15, -0.1) is 0 Å². The fourth-order valence-corrected chi connectivity index (χ4v) is 1.84. The molecule has 2 rings (SSSR count). The number of hydrogen-bond donors (Lipinski definition) is 0. The third-order valence-corrected chi connectivity index (χ3v) is 3.01. The fraction of sp³-hybridized carbons (Fsp3) is 0.364. The van der Waals surface area contributed by atoms with Gasteiger partial charge in [0.25, 0.3) is 5.91 Å². The molecule has 0 radical (unpaired) electrons. The van der Waals surface area contributed by atoms with Crippen LogP contribution in [0.15, 0.2) is 18.2 Å². The smallest absolute Gasteiger partial charge is 0.254 e. The minimum Gasteiger partial charge on any atom is -0.332 e. The van der Waals surface area contributed by atoms with E-state index in [0.29, 0.717) is 5.56 Å². The van der Waals surface area contributed by atoms with Gasteiger partial charge in [-0.3, -0.25) is 4.79 Å². The van der Waals surface area contributed by atoms with Crippen molar-refractivity contribution in [3.63, 3.8) is 0 Å². The zero-order valence-electron chi connectivity index (χ0n) is 8.47. The van der Waals surface area contributed by atoms with Crippen LogP contribution in [0.2, 0.25) is 0 Å². The van der Waals surface area contributed by atoms with Crippen molar-refractivity contribution in [2.75, 3.05) is 7.05 Å². The number of rotatable bonds is 0. The van der Waals surface area contributed by atoms with Crippen molar-refractivity contribution in [2.45, 2.75) is 19.4 Å². The van der Waals surface area contributed by atoms with E-state index >= 15 is 0 Å². The third-order valence-electron chi connectivity index (χ3n) is 3.01. The summed E-state index contributed by atoms with van der Waals surface area (Å²) >= 11 is 0. The molecule has 0 N–H and O–H groups in total. The Morgan fingerprint density at radius 1 is 1.36 bits per heavy atom. The molecule has 0 saturated carbocycles. The molecule has 0 aromatic heterocycles. The number of benzene rings is 1. The van der Waals surface area contributed by atoms with Crippen LogP contribution >= 0.6 is 0 Å². The molecule has 2 nitrogen and oxygen atoms in total. The monoisotopic (exact) mass is 193 g/mol. The summed E-state index contributed by atoms with van der Waals surface area (Å²) in [6.45, 7) is 3.91. The lowest BCUT2D eigenvalue weighted by atomic mass is 9.94. The highest BCUT2D eigenvalue weighted by molar-refractivity contribution is 5.99. The van der Waals surface area contributed by atoms with Crippen LogP contribution in [0.4, 0.5) is 4.39 Å². The SMILES string of the molecule is CN1C(=O)c2cc(F)ccc2C1(C)C. The van der Waals surface area contributed by atoms with E-state index in [2.05, 4.69) is 0 Å². The van der Waals surface area contributed by atoms with Crippen LogP contribution < -0.4 is 0 Å². The van der Waals surface area contributed by atoms with Crippen LogP contribution in [0.25, 0.3) is 0 Å². The standard InChI is InChI=1S/C11H12FNO/c1-11(2)9-5-4-7(12)6-8(9)10(14)13(11)3/h4-6H,1-3H3. The largest absolute Gasteiger partial charge is 0.332 e. The van der Waals surface area contributed by atoms with Crippen molar-refractivity contribution in [3.05, 3.63) is 35.1 Å². The molecule has 14 heavy (non-hydrogen) atoms. The van der Waals surface area contributed by atoms with Gasteiger partial charge in [-0.2, -0.15) is 0 Å². The number of amides is 1. The number of hydrogen-bond acceptors (Lipinski definition) is 1. The summed E-state index contributed by atoms with van der Waals surface area (Å²) in [6, 6.07) is 4.39. The summed E-state index contributed by atoms with van der Waals surface area (Å²) in [5.41, 5.74) is 1.05. The van der Waals surface area contributed by atoms with Crippen molar-refractivity contribution >= 4 is 5.91 Å². The van der Waals surface area contributed by atoms with Gasteiger partial charge in [0.1, 0.15) is 5.82 Å². The molecule has 3 heteroatoms. The van der Waals surface area contributed by atoms with E-state index in [9.17, 15) is 9.18 Å². The topological polar surface area (TPSA) is 20.3 Å². The molecule has 1 aliphatic rings. The Balaban J connectivity index is 2.68. The van der Waals surface area contributed by atoms with Gasteiger partial charge < -0.3 is 4.90 Å². The lowest BCUT2D eigenvalue weighted by Gasteiger charge is -2.28. The van der Waals surface area contributed by atoms with Crippen molar-refractivity contribution in [1.82, 2.24) is 4.90 Å². The first-order valence-corrected chi connectivity index (χ1v) is 4.53. The Kier molecular flexibility index (Phi) is 1.68. The lowest BCUT2D eigenvalue weighted by molar-refractivity contribution is 0.0691. The molecule has 0 fully saturated rings. The summed E-state index contributed by atoms with van der Waals surface area (Å²) in [5, 5.41) is 0. The summed E-state index contributed by atoms with van der Waals surface area (Å²) in [4.78, 5) is 13.4. The van der Waals surface area contributed by atoms with Gasteiger partial charge in [0.15, 0.2) is 0 Å². The van der Waals surface area contributed by atoms with Gasteiger partial charge in [-0.25, -0.2) is 4.39 Å². The van der Waals surface area contributed by atoms with E-state index in [1.165, 1.54) is 12.1 Å². The van der Waals surface area contributed by atoms with E-state index in [-0.39, 0.29) is 17.3 Å². The Morgan fingerprint density at radius 3 is 2.64 bits per heavy atom. The number of nitrogens with zero attached hydrogens (tertiary/aromatic N) is 1. The highest BCUT2D eigenvalue weighted by Gasteiger charge is 2.40. The maximum Gasteiger partial charge on any atom is 0.254 e. The Morgan fingerprint density at radius 2 is 2.00 bits per heavy atom. The molecule has 1 aromatic carbocycles. The van der Waals surface area contributed by atoms with Crippen LogP contribution in [0.3, 0.4) is 0 Å². The van der Waals surface area contributed by atoms with Crippen LogP contribution in [-0.2, 0) is 5.54 Å². The second kappa shape index (κ2) is 2.56. The second-order valence-electron chi connectivity index (χ2n) is 4.11. The van der Waals surface area contributed by atoms with Gasteiger partial charge >= 0.3 is 0 Å². The van der Waals surface area contributed by atoms with Gasteiger partial charge in [0, 0.05) is 12.6 Å². The molecule has 1 heterocycles. The van der Waals surface area contributed by atoms with Gasteiger partial charge in [-0.05, 0) is 31.5 Å². The van der Waals surface area contributed by atoms with Crippen molar-refractivity contribution in [2.24, 2.45) is 0 Å². The molecule has 0 unspecified atom stereocenters. The normalized spacial score (nSPS) is 18.6. The third kappa shape index (κ3) is 0.983. The van der Waals surface area contributed by atoms with E-state index in [4.69, 9.17) is 0 Å². The highest BCUT2D eigenvalue weighted by atomic mass is 19.1. The predicted octanol–water partition coefficient (Wildman–Crippen LogP) is 2.15. The Bertz CT molecular complexity index is 412. The molecule has 0 spiro atoms. The Hall–Kier alpha value is -1.38. The van der Waals surface area contributed by atoms with Gasteiger partial charge in [-0.1, -0.05) is 6.07 Å². The molecule has 0 saturated heterocycles. The molecular weight excluding hydrogens is 181 g/mol. The highest BCUT2D eigenvalue weighted by Crippen LogP contribution is 2.37. The fourth-order valence-electron chi connectivity index (χ4n) is 1.84. The molecule has 74 valence electrons. The zero-order chi connectivity index (χ0) is 10.5. The minimum atomic E-state index is -0.358. The van der Waals surface area contributed by atoms with Gasteiger partial charge in [0.05, 0.1) is 5.54 Å². The van der Waals surface area contributed by atoms with E-state index in [1.807, 2.05) is 13.8 Å². The molecule has 0 bridgehead atoms. The minimum absolute atomic E-state index is 0.107. The summed E-state index contributed by atoms with van der Waals surface area (Å²) in [6.07, 6.45) is 0. The molecule has 0 atom stereocenters. The first-order chi connectivity index (χ1) is 6.44. The molecule has 1 aromatic rings. The van der Waals surface area contributed by atoms with E-state index < -0.39 is 0 Å². The molecular formula is C11H12FNO. The van der Waals surface area contributed by atoms with Crippen LogP contribution in [-0.4, -0.2) is 17.9 Å². The number of carbonyl (C=O) groups excluding carboxylic acids is 1. The first-order valence-electron chi connectivity index (χ1n) is 4.53. The van der Waals surface area contributed by atoms with Gasteiger partial charge in [0.2, 0.25) is 0 Å². The molecule has 1 amide bonds. The molecule has 0 aliphatic carbocycles. The number of halogens is 1. The average Bonchev–Trinajstić information content (AvgIpc) is 2.28. The van der Waals surface area contributed by atoms with Crippen LogP contribution in [0.5, 0.6) is 0 Å². The van der Waals surface area contributed by atoms with Crippen molar-refractivity contribution in [1.29, 1.82) is 0 Å². The summed E-state index contributed by atoms with van der Waals surface area (Å²) < 4.78 is 12.9. The number of carbonyl (C=O) groups is 1. The van der Waals surface area contributed by atoms with Crippen molar-refractivity contribution < 1.29 is 9.18 Å². The first kappa shape index (κ1) is 9.19. The zero-order valence-corrected chi connectivity index (χ0v) is 8.47. The number of fused-ring (bicyclic) bond motifs is 1. The second-order valence-corrected chi connectivity index (χ2v) is 4.11. The summed E-state index contributed by atoms with van der Waals surface area (Å²) in [5.74, 6) is -0.465. The predicted molar refractivity (Wildman–Crippen MR) is 51.5 cm³/mol. The van der Waals surface area contributed by atoms with E-state index in [0.717, 1.165) is 5.56 Å². The molecule has 1 aliphatic heterocycles. The maximum atomic E-state index is 12.9. The van der Waals surface area contributed by atoms with Crippen LogP contribution in [0.1, 0.15) is 29.8 Å². The van der Waals surface area contributed by atoms with E-state index in [1.54, 1.807) is 18.0 Å². The Labute approximate surface area is 82.3 Å². The van der Waals surface area contributed by atoms with Crippen LogP contribution in [0, 0.1) is 5.82 Å².